The summed E-state index contributed by atoms with van der Waals surface area (Å²) in [5, 5.41) is 12.1. The predicted octanol–water partition coefficient (Wildman–Crippen LogP) is 3.77. The molecule has 0 saturated carbocycles. The van der Waals surface area contributed by atoms with Crippen molar-refractivity contribution in [1.29, 1.82) is 0 Å². The monoisotopic (exact) mass is 405 g/mol. The van der Waals surface area contributed by atoms with Crippen molar-refractivity contribution in [2.75, 3.05) is 23.2 Å². The summed E-state index contributed by atoms with van der Waals surface area (Å²) in [6.45, 7) is 0. The van der Waals surface area contributed by atoms with E-state index in [1.807, 2.05) is 42.7 Å². The number of thioether (sulfide) groups is 2. The van der Waals surface area contributed by atoms with Crippen molar-refractivity contribution in [3.63, 3.8) is 0 Å². The minimum atomic E-state index is -0.135. The molecule has 0 saturated heterocycles. The van der Waals surface area contributed by atoms with Gasteiger partial charge in [-0.25, -0.2) is 4.68 Å². The van der Waals surface area contributed by atoms with Gasteiger partial charge in [0.1, 0.15) is 0 Å². The Kier molecular flexibility index (Phi) is 6.08. The quantitative estimate of drug-likeness (QED) is 0.479. The van der Waals surface area contributed by atoms with E-state index in [2.05, 4.69) is 15.5 Å². The average molecular weight is 406 g/mol. The highest BCUT2D eigenvalue weighted by Gasteiger charge is 2.14. The molecule has 0 atom stereocenters. The van der Waals surface area contributed by atoms with Gasteiger partial charge in [0, 0.05) is 21.2 Å². The standard InChI is InChI=1S/C17H16ClN5OS2/c1-25-14-4-2-3-13(9-14)20-15(24)10-26-17-22-21-16(23(17)19)11-5-7-12(18)8-6-11/h2-9H,10,19H2,1H3,(H,20,24). The van der Waals surface area contributed by atoms with Gasteiger partial charge in [-0.2, -0.15) is 0 Å². The number of nitrogens with two attached hydrogens (primary N) is 1. The highest BCUT2D eigenvalue weighted by Crippen LogP contribution is 2.23. The molecule has 0 aliphatic heterocycles. The van der Waals surface area contributed by atoms with Gasteiger partial charge in [-0.1, -0.05) is 29.4 Å². The largest absolute Gasteiger partial charge is 0.335 e. The SMILES string of the molecule is CSc1cccc(NC(=O)CSc2nnc(-c3ccc(Cl)cc3)n2N)c1. The number of hydrogen-bond acceptors (Lipinski definition) is 6. The van der Waals surface area contributed by atoms with E-state index < -0.39 is 0 Å². The van der Waals surface area contributed by atoms with Gasteiger partial charge in [-0.15, -0.1) is 22.0 Å². The molecular weight excluding hydrogens is 390 g/mol. The summed E-state index contributed by atoms with van der Waals surface area (Å²) in [5.74, 6) is 6.61. The van der Waals surface area contributed by atoms with Gasteiger partial charge in [-0.3, -0.25) is 4.79 Å². The van der Waals surface area contributed by atoms with Crippen molar-refractivity contribution in [3.8, 4) is 11.4 Å². The second-order valence-electron chi connectivity index (χ2n) is 5.25. The maximum absolute atomic E-state index is 12.2. The number of aromatic nitrogens is 3. The summed E-state index contributed by atoms with van der Waals surface area (Å²) in [6, 6.07) is 14.8. The van der Waals surface area contributed by atoms with E-state index in [-0.39, 0.29) is 11.7 Å². The van der Waals surface area contributed by atoms with Crippen LogP contribution in [-0.2, 0) is 4.79 Å². The van der Waals surface area contributed by atoms with Crippen LogP contribution in [0.4, 0.5) is 5.69 Å². The molecule has 0 radical (unpaired) electrons. The third-order valence-electron chi connectivity index (χ3n) is 3.45. The van der Waals surface area contributed by atoms with Gasteiger partial charge < -0.3 is 11.2 Å². The minimum Gasteiger partial charge on any atom is -0.335 e. The molecule has 3 aromatic rings. The van der Waals surface area contributed by atoms with Crippen LogP contribution in [0.15, 0.2) is 58.6 Å². The Bertz CT molecular complexity index is 914. The molecule has 1 amide bonds. The first-order chi connectivity index (χ1) is 12.6. The molecule has 0 spiro atoms. The van der Waals surface area contributed by atoms with Gasteiger partial charge in [0.25, 0.3) is 0 Å². The third kappa shape index (κ3) is 4.51. The van der Waals surface area contributed by atoms with E-state index in [1.165, 1.54) is 16.4 Å². The Morgan fingerprint density at radius 1 is 1.23 bits per heavy atom. The van der Waals surface area contributed by atoms with Crippen molar-refractivity contribution in [1.82, 2.24) is 14.9 Å². The number of nitrogens with zero attached hydrogens (tertiary/aromatic N) is 3. The topological polar surface area (TPSA) is 85.8 Å². The van der Waals surface area contributed by atoms with Crippen LogP contribution in [0.25, 0.3) is 11.4 Å². The van der Waals surface area contributed by atoms with Gasteiger partial charge in [0.05, 0.1) is 5.75 Å². The van der Waals surface area contributed by atoms with E-state index in [9.17, 15) is 4.79 Å². The number of amides is 1. The van der Waals surface area contributed by atoms with Gasteiger partial charge >= 0.3 is 0 Å². The fourth-order valence-corrected chi connectivity index (χ4v) is 3.44. The lowest BCUT2D eigenvalue weighted by atomic mass is 10.2. The summed E-state index contributed by atoms with van der Waals surface area (Å²) < 4.78 is 1.37. The number of benzene rings is 2. The summed E-state index contributed by atoms with van der Waals surface area (Å²) >= 11 is 8.74. The number of rotatable bonds is 6. The Morgan fingerprint density at radius 2 is 2.00 bits per heavy atom. The first-order valence-electron chi connectivity index (χ1n) is 7.60. The number of hydrogen-bond donors (Lipinski definition) is 2. The maximum atomic E-state index is 12.2. The molecule has 0 unspecified atom stereocenters. The van der Waals surface area contributed by atoms with Crippen LogP contribution in [0.5, 0.6) is 0 Å². The molecular formula is C17H16ClN5OS2. The van der Waals surface area contributed by atoms with E-state index in [4.69, 9.17) is 17.4 Å². The smallest absolute Gasteiger partial charge is 0.234 e. The van der Waals surface area contributed by atoms with Crippen LogP contribution < -0.4 is 11.2 Å². The van der Waals surface area contributed by atoms with Crippen LogP contribution in [-0.4, -0.2) is 32.8 Å². The highest BCUT2D eigenvalue weighted by atomic mass is 35.5. The molecule has 1 aromatic heterocycles. The van der Waals surface area contributed by atoms with E-state index in [1.54, 1.807) is 23.9 Å². The summed E-state index contributed by atoms with van der Waals surface area (Å²) in [6.07, 6.45) is 1.99. The average Bonchev–Trinajstić information content (AvgIpc) is 3.01. The van der Waals surface area contributed by atoms with Crippen molar-refractivity contribution in [3.05, 3.63) is 53.6 Å². The second kappa shape index (κ2) is 8.48. The molecule has 9 heteroatoms. The zero-order valence-electron chi connectivity index (χ0n) is 13.8. The third-order valence-corrected chi connectivity index (χ3v) is 5.37. The van der Waals surface area contributed by atoms with Gasteiger partial charge in [-0.05, 0) is 48.7 Å². The van der Waals surface area contributed by atoms with Gasteiger partial charge in [0.15, 0.2) is 5.82 Å². The van der Waals surface area contributed by atoms with Crippen molar-refractivity contribution in [2.24, 2.45) is 0 Å². The lowest BCUT2D eigenvalue weighted by Crippen LogP contribution is -2.16. The second-order valence-corrected chi connectivity index (χ2v) is 7.51. The van der Waals surface area contributed by atoms with Gasteiger partial charge in [0.2, 0.25) is 11.1 Å². The normalized spacial score (nSPS) is 10.7. The molecule has 0 aliphatic carbocycles. The molecule has 0 bridgehead atoms. The van der Waals surface area contributed by atoms with E-state index >= 15 is 0 Å². The zero-order valence-corrected chi connectivity index (χ0v) is 16.2. The van der Waals surface area contributed by atoms with E-state index in [0.29, 0.717) is 16.0 Å². The molecule has 2 aromatic carbocycles. The number of carbonyl (C=O) groups excluding carboxylic acids is 1. The lowest BCUT2D eigenvalue weighted by molar-refractivity contribution is -0.113. The summed E-state index contributed by atoms with van der Waals surface area (Å²) in [5.41, 5.74) is 1.56. The maximum Gasteiger partial charge on any atom is 0.234 e. The molecule has 134 valence electrons. The van der Waals surface area contributed by atoms with Crippen LogP contribution in [0.3, 0.4) is 0 Å². The van der Waals surface area contributed by atoms with Crippen LogP contribution >= 0.6 is 35.1 Å². The minimum absolute atomic E-state index is 0.135. The first-order valence-corrected chi connectivity index (χ1v) is 10.2. The number of carbonyl (C=O) groups is 1. The number of anilines is 1. The fourth-order valence-electron chi connectivity index (χ4n) is 2.20. The molecule has 3 N–H and O–H groups in total. The first kappa shape index (κ1) is 18.6. The zero-order chi connectivity index (χ0) is 18.5. The van der Waals surface area contributed by atoms with Crippen LogP contribution in [0.1, 0.15) is 0 Å². The Morgan fingerprint density at radius 3 is 2.73 bits per heavy atom. The van der Waals surface area contributed by atoms with Crippen LogP contribution in [0.2, 0.25) is 5.02 Å². The molecule has 0 aliphatic rings. The number of halogens is 1. The summed E-state index contributed by atoms with van der Waals surface area (Å²) in [7, 11) is 0. The Hall–Kier alpha value is -2.16. The van der Waals surface area contributed by atoms with Crippen molar-refractivity contribution < 1.29 is 4.79 Å². The lowest BCUT2D eigenvalue weighted by Gasteiger charge is -2.06. The number of nitrogens with one attached hydrogen (secondary N) is 1. The fraction of sp³-hybridized carbons (Fsp3) is 0.118. The van der Waals surface area contributed by atoms with Crippen molar-refractivity contribution >= 4 is 46.7 Å². The Labute approximate surface area is 164 Å². The van der Waals surface area contributed by atoms with Crippen molar-refractivity contribution in [2.45, 2.75) is 10.1 Å². The molecule has 6 nitrogen and oxygen atoms in total. The Balaban J connectivity index is 1.62. The molecule has 1 heterocycles. The molecule has 26 heavy (non-hydrogen) atoms. The van der Waals surface area contributed by atoms with E-state index in [0.717, 1.165) is 16.1 Å². The number of nitrogen functional groups attached to an aromatic ring is 1. The van der Waals surface area contributed by atoms with Crippen LogP contribution in [0, 0.1) is 0 Å². The molecule has 3 rings (SSSR count). The summed E-state index contributed by atoms with van der Waals surface area (Å²) in [4.78, 5) is 13.2. The predicted molar refractivity (Wildman–Crippen MR) is 108 cm³/mol. The molecule has 0 fully saturated rings. The highest BCUT2D eigenvalue weighted by molar-refractivity contribution is 7.99.